The van der Waals surface area contributed by atoms with E-state index in [0.29, 0.717) is 39.5 Å². The average molecular weight is 438 g/mol. The Morgan fingerprint density at radius 2 is 2.04 bits per heavy atom. The number of benzene rings is 2. The number of H-pyrrole nitrogens is 1. The largest absolute Gasteiger partial charge is 0.491 e. The number of hydrogen-bond acceptors (Lipinski definition) is 5. The van der Waals surface area contributed by atoms with Gasteiger partial charge in [0.15, 0.2) is 5.16 Å². The Kier molecular flexibility index (Phi) is 5.68. The molecule has 28 heavy (non-hydrogen) atoms. The van der Waals surface area contributed by atoms with Gasteiger partial charge in [0, 0.05) is 17.9 Å². The number of halogens is 2. The number of aliphatic hydroxyl groups excluding tert-OH is 1. The number of aromatic amines is 1. The summed E-state index contributed by atoms with van der Waals surface area (Å²) in [6.07, 6.45) is 0.502. The van der Waals surface area contributed by atoms with Gasteiger partial charge < -0.3 is 20.1 Å². The monoisotopic (exact) mass is 437 g/mol. The van der Waals surface area contributed by atoms with Gasteiger partial charge in [-0.2, -0.15) is 0 Å². The van der Waals surface area contributed by atoms with Gasteiger partial charge in [0.1, 0.15) is 12.4 Å². The molecule has 4 rings (SSSR count). The number of carbonyl (C=O) groups excluding carboxylic acids is 1. The van der Waals surface area contributed by atoms with Crippen LogP contribution in [0.3, 0.4) is 0 Å². The summed E-state index contributed by atoms with van der Waals surface area (Å²) in [5.74, 6) is 1.12. The molecule has 1 atom stereocenters. The first kappa shape index (κ1) is 19.4. The van der Waals surface area contributed by atoms with Gasteiger partial charge in [-0.15, -0.1) is 0 Å². The molecule has 3 aromatic rings. The number of anilines is 1. The second-order valence-electron chi connectivity index (χ2n) is 6.47. The van der Waals surface area contributed by atoms with E-state index in [9.17, 15) is 9.90 Å². The molecule has 0 radical (unpaired) electrons. The van der Waals surface area contributed by atoms with Gasteiger partial charge in [-0.05, 0) is 42.3 Å². The number of ether oxygens (including phenoxy) is 1. The molecule has 0 spiro atoms. The van der Waals surface area contributed by atoms with E-state index in [0.717, 1.165) is 22.3 Å². The lowest BCUT2D eigenvalue weighted by molar-refractivity contribution is -0.116. The maximum atomic E-state index is 11.4. The molecule has 0 saturated carbocycles. The smallest absolute Gasteiger partial charge is 0.224 e. The lowest BCUT2D eigenvalue weighted by Gasteiger charge is -2.18. The average Bonchev–Trinajstić information content (AvgIpc) is 3.06. The molecule has 1 aromatic heterocycles. The highest BCUT2D eigenvalue weighted by Gasteiger charge is 2.16. The fraction of sp³-hybridized carbons (Fsp3) is 0.263. The molecule has 6 nitrogen and oxygen atoms in total. The second-order valence-corrected chi connectivity index (χ2v) is 8.29. The van der Waals surface area contributed by atoms with Crippen molar-refractivity contribution in [2.45, 2.75) is 24.1 Å². The van der Waals surface area contributed by atoms with Crippen molar-refractivity contribution in [1.29, 1.82) is 0 Å². The third-order valence-electron chi connectivity index (χ3n) is 4.33. The number of aromatic nitrogens is 2. The van der Waals surface area contributed by atoms with Crippen LogP contribution in [0.2, 0.25) is 10.0 Å². The maximum Gasteiger partial charge on any atom is 0.224 e. The number of rotatable bonds is 6. The van der Waals surface area contributed by atoms with E-state index < -0.39 is 6.10 Å². The number of aliphatic hydroxyl groups is 1. The van der Waals surface area contributed by atoms with Crippen molar-refractivity contribution in [2.24, 2.45) is 0 Å². The first-order valence-corrected chi connectivity index (χ1v) is 10.4. The van der Waals surface area contributed by atoms with Crippen LogP contribution in [0.4, 0.5) is 5.69 Å². The molecule has 0 aliphatic carbocycles. The topological polar surface area (TPSA) is 87.2 Å². The summed E-state index contributed by atoms with van der Waals surface area (Å²) in [4.78, 5) is 19.0. The Balaban J connectivity index is 1.31. The molecule has 2 aromatic carbocycles. The van der Waals surface area contributed by atoms with E-state index in [-0.39, 0.29) is 12.5 Å². The molecule has 2 heterocycles. The number of aryl methyl sites for hydroxylation is 1. The Labute approximate surface area is 175 Å². The fourth-order valence-electron chi connectivity index (χ4n) is 2.92. The highest BCUT2D eigenvalue weighted by atomic mass is 35.5. The van der Waals surface area contributed by atoms with Crippen molar-refractivity contribution in [3.05, 3.63) is 45.9 Å². The number of imidazole rings is 1. The Hall–Kier alpha value is -1.93. The molecule has 0 saturated heterocycles. The first-order valence-electron chi connectivity index (χ1n) is 8.69. The predicted octanol–water partition coefficient (Wildman–Crippen LogP) is 4.29. The zero-order chi connectivity index (χ0) is 19.7. The minimum atomic E-state index is -0.666. The third-order valence-corrected chi connectivity index (χ3v) is 6.07. The SMILES string of the molecule is O=C1CCc2cc(OC[C@@H](O)CSc3nc4cc(Cl)c(Cl)cc4[nH]3)ccc2N1. The van der Waals surface area contributed by atoms with Crippen molar-refractivity contribution in [2.75, 3.05) is 17.7 Å². The van der Waals surface area contributed by atoms with E-state index in [4.69, 9.17) is 27.9 Å². The van der Waals surface area contributed by atoms with Gasteiger partial charge in [-0.1, -0.05) is 35.0 Å². The number of fused-ring (bicyclic) bond motifs is 2. The van der Waals surface area contributed by atoms with Gasteiger partial charge in [0.2, 0.25) is 5.91 Å². The van der Waals surface area contributed by atoms with Gasteiger partial charge in [-0.25, -0.2) is 4.98 Å². The molecule has 0 unspecified atom stereocenters. The zero-order valence-corrected chi connectivity index (χ0v) is 17.0. The Bertz CT molecular complexity index is 1000. The maximum absolute atomic E-state index is 11.4. The molecule has 3 N–H and O–H groups in total. The highest BCUT2D eigenvalue weighted by molar-refractivity contribution is 7.99. The number of thioether (sulfide) groups is 1. The minimum Gasteiger partial charge on any atom is -0.491 e. The lowest BCUT2D eigenvalue weighted by Crippen LogP contribution is -2.21. The molecular weight excluding hydrogens is 421 g/mol. The summed E-state index contributed by atoms with van der Waals surface area (Å²) in [5.41, 5.74) is 3.39. The Morgan fingerprint density at radius 1 is 1.21 bits per heavy atom. The molecule has 9 heteroatoms. The van der Waals surface area contributed by atoms with Crippen molar-refractivity contribution >= 4 is 57.6 Å². The summed E-state index contributed by atoms with van der Waals surface area (Å²) in [6, 6.07) is 8.96. The number of nitrogens with one attached hydrogen (secondary N) is 2. The van der Waals surface area contributed by atoms with Crippen molar-refractivity contribution < 1.29 is 14.6 Å². The van der Waals surface area contributed by atoms with E-state index in [1.165, 1.54) is 11.8 Å². The van der Waals surface area contributed by atoms with E-state index in [2.05, 4.69) is 15.3 Å². The molecule has 0 fully saturated rings. The van der Waals surface area contributed by atoms with Crippen LogP contribution in [0, 0.1) is 0 Å². The van der Waals surface area contributed by atoms with E-state index in [1.54, 1.807) is 18.2 Å². The summed E-state index contributed by atoms with van der Waals surface area (Å²) < 4.78 is 5.70. The van der Waals surface area contributed by atoms with Crippen LogP contribution < -0.4 is 10.1 Å². The standard InChI is InChI=1S/C19H17Cl2N3O3S/c20-13-6-16-17(7-14(13)21)24-19(23-16)28-9-11(25)8-27-12-2-3-15-10(5-12)1-4-18(26)22-15/h2-3,5-7,11,25H,1,4,8-9H2,(H,22,26)(H,23,24)/t11-/m1/s1. The van der Waals surface area contributed by atoms with Crippen molar-refractivity contribution in [3.8, 4) is 5.75 Å². The van der Waals surface area contributed by atoms with Crippen LogP contribution in [-0.4, -0.2) is 39.4 Å². The predicted molar refractivity (Wildman–Crippen MR) is 112 cm³/mol. The quantitative estimate of drug-likeness (QED) is 0.500. The summed E-state index contributed by atoms with van der Waals surface area (Å²) in [6.45, 7) is 0.163. The van der Waals surface area contributed by atoms with Gasteiger partial charge in [-0.3, -0.25) is 4.79 Å². The minimum absolute atomic E-state index is 0.0312. The van der Waals surface area contributed by atoms with Crippen LogP contribution in [0.5, 0.6) is 5.75 Å². The molecule has 146 valence electrons. The number of hydrogen-bond donors (Lipinski definition) is 3. The number of amides is 1. The summed E-state index contributed by atoms with van der Waals surface area (Å²) in [7, 11) is 0. The van der Waals surface area contributed by atoms with Gasteiger partial charge in [0.25, 0.3) is 0 Å². The molecule has 0 bridgehead atoms. The van der Waals surface area contributed by atoms with Crippen molar-refractivity contribution in [1.82, 2.24) is 9.97 Å². The van der Waals surface area contributed by atoms with Gasteiger partial charge in [0.05, 0.1) is 27.2 Å². The highest BCUT2D eigenvalue weighted by Crippen LogP contribution is 2.29. The van der Waals surface area contributed by atoms with Crippen molar-refractivity contribution in [3.63, 3.8) is 0 Å². The van der Waals surface area contributed by atoms with Crippen LogP contribution in [0.1, 0.15) is 12.0 Å². The van der Waals surface area contributed by atoms with Crippen LogP contribution in [0.25, 0.3) is 11.0 Å². The third kappa shape index (κ3) is 4.38. The fourth-order valence-corrected chi connectivity index (χ4v) is 4.03. The molecular formula is C19H17Cl2N3O3S. The van der Waals surface area contributed by atoms with Crippen LogP contribution in [-0.2, 0) is 11.2 Å². The summed E-state index contributed by atoms with van der Waals surface area (Å²) >= 11 is 13.4. The summed E-state index contributed by atoms with van der Waals surface area (Å²) in [5, 5.41) is 14.7. The lowest BCUT2D eigenvalue weighted by atomic mass is 10.0. The van der Waals surface area contributed by atoms with Gasteiger partial charge >= 0.3 is 0 Å². The number of nitrogens with zero attached hydrogens (tertiary/aromatic N) is 1. The van der Waals surface area contributed by atoms with E-state index in [1.807, 2.05) is 12.1 Å². The molecule has 1 amide bonds. The van der Waals surface area contributed by atoms with E-state index >= 15 is 0 Å². The zero-order valence-electron chi connectivity index (χ0n) is 14.7. The first-order chi connectivity index (χ1) is 13.5. The second kappa shape index (κ2) is 8.21. The molecule has 1 aliphatic heterocycles. The van der Waals surface area contributed by atoms with Crippen LogP contribution in [0.15, 0.2) is 35.5 Å². The van der Waals surface area contributed by atoms with Crippen LogP contribution >= 0.6 is 35.0 Å². The molecule has 1 aliphatic rings. The normalized spacial score (nSPS) is 14.6. The Morgan fingerprint density at radius 3 is 2.89 bits per heavy atom. The number of carbonyl (C=O) groups is 1.